The second-order valence-electron chi connectivity index (χ2n) is 6.73. The fourth-order valence-corrected chi connectivity index (χ4v) is 3.19. The van der Waals surface area contributed by atoms with E-state index in [1.165, 1.54) is 0 Å². The Balaban J connectivity index is 1.64. The van der Waals surface area contributed by atoms with Crippen LogP contribution in [0.2, 0.25) is 0 Å². The van der Waals surface area contributed by atoms with Crippen LogP contribution in [0.3, 0.4) is 0 Å². The molecule has 27 heavy (non-hydrogen) atoms. The lowest BCUT2D eigenvalue weighted by Gasteiger charge is -2.31. The van der Waals surface area contributed by atoms with E-state index in [1.54, 1.807) is 19.4 Å². The second-order valence-corrected chi connectivity index (χ2v) is 6.73. The molecule has 0 saturated carbocycles. The van der Waals surface area contributed by atoms with Crippen LogP contribution in [0, 0.1) is 6.92 Å². The summed E-state index contributed by atoms with van der Waals surface area (Å²) in [5.74, 6) is 1.36. The Morgan fingerprint density at radius 1 is 1.22 bits per heavy atom. The van der Waals surface area contributed by atoms with Crippen LogP contribution in [0.4, 0.5) is 0 Å². The molecule has 1 aliphatic rings. The van der Waals surface area contributed by atoms with Crippen LogP contribution in [0.15, 0.2) is 24.4 Å². The van der Waals surface area contributed by atoms with Gasteiger partial charge in [0.1, 0.15) is 5.69 Å². The zero-order valence-electron chi connectivity index (χ0n) is 16.1. The minimum Gasteiger partial charge on any atom is -0.493 e. The van der Waals surface area contributed by atoms with E-state index in [0.29, 0.717) is 42.8 Å². The number of nitrogens with zero attached hydrogens (tertiary/aromatic N) is 4. The Bertz CT molecular complexity index is 771. The van der Waals surface area contributed by atoms with Crippen molar-refractivity contribution in [1.82, 2.24) is 20.1 Å². The van der Waals surface area contributed by atoms with Crippen molar-refractivity contribution >= 4 is 5.91 Å². The maximum Gasteiger partial charge on any atom is 0.272 e. The van der Waals surface area contributed by atoms with Crippen LogP contribution in [0.5, 0.6) is 11.5 Å². The molecule has 1 saturated heterocycles. The van der Waals surface area contributed by atoms with Gasteiger partial charge in [0.15, 0.2) is 11.5 Å². The number of ether oxygens (including phenoxy) is 2. The average Bonchev–Trinajstić information content (AvgIpc) is 2.72. The molecule has 1 aliphatic heterocycles. The SMILES string of the molecule is CCCOc1cnc(C(=O)N2CCC(c3ccc(C)nn3)CC2)cc1OC. The maximum atomic E-state index is 12.8. The predicted molar refractivity (Wildman–Crippen MR) is 101 cm³/mol. The monoisotopic (exact) mass is 370 g/mol. The van der Waals surface area contributed by atoms with E-state index in [4.69, 9.17) is 9.47 Å². The van der Waals surface area contributed by atoms with E-state index in [2.05, 4.69) is 15.2 Å². The first-order chi connectivity index (χ1) is 13.1. The quantitative estimate of drug-likeness (QED) is 0.778. The van der Waals surface area contributed by atoms with Gasteiger partial charge in [-0.1, -0.05) is 6.92 Å². The molecule has 0 aliphatic carbocycles. The molecule has 7 heteroatoms. The fraction of sp³-hybridized carbons (Fsp3) is 0.500. The highest BCUT2D eigenvalue weighted by Crippen LogP contribution is 2.29. The van der Waals surface area contributed by atoms with Crippen molar-refractivity contribution in [2.45, 2.75) is 39.0 Å². The molecular formula is C20H26N4O3. The lowest BCUT2D eigenvalue weighted by Crippen LogP contribution is -2.38. The second kappa shape index (κ2) is 8.79. The number of likely N-dealkylation sites (tertiary alicyclic amines) is 1. The van der Waals surface area contributed by atoms with Gasteiger partial charge in [-0.2, -0.15) is 10.2 Å². The van der Waals surface area contributed by atoms with Crippen molar-refractivity contribution in [3.63, 3.8) is 0 Å². The van der Waals surface area contributed by atoms with Gasteiger partial charge in [0, 0.05) is 25.1 Å². The van der Waals surface area contributed by atoms with Gasteiger partial charge in [0.25, 0.3) is 5.91 Å². The topological polar surface area (TPSA) is 77.4 Å². The first-order valence-corrected chi connectivity index (χ1v) is 9.38. The highest BCUT2D eigenvalue weighted by atomic mass is 16.5. The number of aryl methyl sites for hydroxylation is 1. The largest absolute Gasteiger partial charge is 0.493 e. The number of methoxy groups -OCH3 is 1. The highest BCUT2D eigenvalue weighted by Gasteiger charge is 2.26. The molecule has 0 radical (unpaired) electrons. The molecule has 0 N–H and O–H groups in total. The summed E-state index contributed by atoms with van der Waals surface area (Å²) in [5.41, 5.74) is 2.30. The van der Waals surface area contributed by atoms with Crippen LogP contribution in [0.1, 0.15) is 54.0 Å². The molecule has 1 amide bonds. The summed E-state index contributed by atoms with van der Waals surface area (Å²) in [5, 5.41) is 8.43. The van der Waals surface area contributed by atoms with Crippen molar-refractivity contribution in [2.75, 3.05) is 26.8 Å². The van der Waals surface area contributed by atoms with Crippen LogP contribution in [-0.4, -0.2) is 52.8 Å². The predicted octanol–water partition coefficient (Wildman–Crippen LogP) is 3.00. The van der Waals surface area contributed by atoms with Crippen molar-refractivity contribution in [3.8, 4) is 11.5 Å². The van der Waals surface area contributed by atoms with Gasteiger partial charge in [-0.05, 0) is 38.3 Å². The summed E-state index contributed by atoms with van der Waals surface area (Å²) in [6, 6.07) is 5.68. The van der Waals surface area contributed by atoms with Crippen LogP contribution in [0.25, 0.3) is 0 Å². The van der Waals surface area contributed by atoms with Crippen LogP contribution < -0.4 is 9.47 Å². The van der Waals surface area contributed by atoms with Gasteiger partial charge in [-0.3, -0.25) is 4.79 Å². The number of amides is 1. The third kappa shape index (κ3) is 4.53. The van der Waals surface area contributed by atoms with Crippen LogP contribution in [-0.2, 0) is 0 Å². The molecule has 2 aromatic heterocycles. The summed E-state index contributed by atoms with van der Waals surface area (Å²) in [7, 11) is 1.57. The normalized spacial score (nSPS) is 14.9. The van der Waals surface area contributed by atoms with Crippen LogP contribution >= 0.6 is 0 Å². The van der Waals surface area contributed by atoms with Gasteiger partial charge in [0.05, 0.1) is 31.3 Å². The molecule has 7 nitrogen and oxygen atoms in total. The zero-order valence-corrected chi connectivity index (χ0v) is 16.1. The third-order valence-electron chi connectivity index (χ3n) is 4.75. The Morgan fingerprint density at radius 3 is 2.63 bits per heavy atom. The fourth-order valence-electron chi connectivity index (χ4n) is 3.19. The molecule has 3 rings (SSSR count). The van der Waals surface area contributed by atoms with Crippen molar-refractivity contribution in [1.29, 1.82) is 0 Å². The molecule has 0 spiro atoms. The van der Waals surface area contributed by atoms with E-state index < -0.39 is 0 Å². The van der Waals surface area contributed by atoms with Crippen molar-refractivity contribution < 1.29 is 14.3 Å². The molecular weight excluding hydrogens is 344 g/mol. The molecule has 1 fully saturated rings. The number of carbonyl (C=O) groups is 1. The van der Waals surface area contributed by atoms with E-state index in [-0.39, 0.29) is 5.91 Å². The number of hydrogen-bond acceptors (Lipinski definition) is 6. The standard InChI is InChI=1S/C20H26N4O3/c1-4-11-27-19-13-21-17(12-18(19)26-3)20(25)24-9-7-15(8-10-24)16-6-5-14(2)22-23-16/h5-6,12-13,15H,4,7-11H2,1-3H3. The number of carbonyl (C=O) groups excluding carboxylic acids is 1. The van der Waals surface area contributed by atoms with Gasteiger partial charge in [-0.25, -0.2) is 4.98 Å². The van der Waals surface area contributed by atoms with Crippen molar-refractivity contribution in [2.24, 2.45) is 0 Å². The van der Waals surface area contributed by atoms with Crippen molar-refractivity contribution in [3.05, 3.63) is 41.5 Å². The summed E-state index contributed by atoms with van der Waals surface area (Å²) in [6.45, 7) is 5.90. The molecule has 144 valence electrons. The van der Waals surface area contributed by atoms with Gasteiger partial charge >= 0.3 is 0 Å². The summed E-state index contributed by atoms with van der Waals surface area (Å²) in [6.07, 6.45) is 4.21. The first kappa shape index (κ1) is 19.1. The van der Waals surface area contributed by atoms with E-state index in [1.807, 2.05) is 30.9 Å². The zero-order chi connectivity index (χ0) is 19.2. The Hall–Kier alpha value is -2.70. The Kier molecular flexibility index (Phi) is 6.21. The number of rotatable bonds is 6. The third-order valence-corrected chi connectivity index (χ3v) is 4.75. The van der Waals surface area contributed by atoms with E-state index >= 15 is 0 Å². The average molecular weight is 370 g/mol. The molecule has 0 aromatic carbocycles. The summed E-state index contributed by atoms with van der Waals surface area (Å²) < 4.78 is 11.0. The molecule has 3 heterocycles. The lowest BCUT2D eigenvalue weighted by atomic mass is 9.93. The number of pyridine rings is 1. The molecule has 0 atom stereocenters. The Morgan fingerprint density at radius 2 is 2.00 bits per heavy atom. The smallest absolute Gasteiger partial charge is 0.272 e. The summed E-state index contributed by atoms with van der Waals surface area (Å²) >= 11 is 0. The minimum atomic E-state index is -0.0798. The van der Waals surface area contributed by atoms with E-state index in [0.717, 1.165) is 30.7 Å². The highest BCUT2D eigenvalue weighted by molar-refractivity contribution is 5.93. The number of aromatic nitrogens is 3. The van der Waals surface area contributed by atoms with Gasteiger partial charge in [0.2, 0.25) is 0 Å². The first-order valence-electron chi connectivity index (χ1n) is 9.38. The number of hydrogen-bond donors (Lipinski definition) is 0. The minimum absolute atomic E-state index is 0.0798. The van der Waals surface area contributed by atoms with Gasteiger partial charge < -0.3 is 14.4 Å². The maximum absolute atomic E-state index is 12.8. The van der Waals surface area contributed by atoms with Gasteiger partial charge in [-0.15, -0.1) is 0 Å². The summed E-state index contributed by atoms with van der Waals surface area (Å²) in [4.78, 5) is 18.9. The lowest BCUT2D eigenvalue weighted by molar-refractivity contribution is 0.0705. The van der Waals surface area contributed by atoms with E-state index in [9.17, 15) is 4.79 Å². The molecule has 2 aromatic rings. The molecule has 0 unspecified atom stereocenters. The number of piperidine rings is 1. The molecule has 0 bridgehead atoms. The Labute approximate surface area is 159 Å².